The van der Waals surface area contributed by atoms with Crippen LogP contribution in [0.4, 0.5) is 5.69 Å². The summed E-state index contributed by atoms with van der Waals surface area (Å²) >= 11 is 11.3. The molecule has 4 rings (SSSR count). The van der Waals surface area contributed by atoms with Crippen molar-refractivity contribution in [1.29, 1.82) is 0 Å². The van der Waals surface area contributed by atoms with Gasteiger partial charge in [-0.2, -0.15) is 0 Å². The lowest BCUT2D eigenvalue weighted by Gasteiger charge is -2.10. The van der Waals surface area contributed by atoms with Crippen LogP contribution in [0.2, 0.25) is 0 Å². The second-order valence-electron chi connectivity index (χ2n) is 7.54. The van der Waals surface area contributed by atoms with Crippen molar-refractivity contribution in [2.45, 2.75) is 13.0 Å². The lowest BCUT2D eigenvalue weighted by Crippen LogP contribution is -2.21. The van der Waals surface area contributed by atoms with Gasteiger partial charge in [0.05, 0.1) is 25.1 Å². The van der Waals surface area contributed by atoms with Crippen molar-refractivity contribution in [3.8, 4) is 11.5 Å². The highest BCUT2D eigenvalue weighted by atomic mass is 35.5. The topological polar surface area (TPSA) is 120 Å². The molecule has 180 valence electrons. The average Bonchev–Trinajstić information content (AvgIpc) is 3.25. The van der Waals surface area contributed by atoms with Crippen LogP contribution in [0.25, 0.3) is 22.6 Å². The summed E-state index contributed by atoms with van der Waals surface area (Å²) in [7, 11) is 3.14. The molecule has 11 heteroatoms. The molecule has 0 atom stereocenters. The normalized spacial score (nSPS) is 14.5. The van der Waals surface area contributed by atoms with Crippen LogP contribution in [-0.2, 0) is 16.1 Å². The summed E-state index contributed by atoms with van der Waals surface area (Å²) in [5, 5.41) is 10.3. The number of allylic oxidation sites excluding steroid dienone is 1. The number of methoxy groups -OCH3 is 2. The van der Waals surface area contributed by atoms with Crippen LogP contribution in [0.5, 0.6) is 11.5 Å². The second-order valence-corrected chi connectivity index (χ2v) is 8.29. The van der Waals surface area contributed by atoms with Crippen molar-refractivity contribution in [3.63, 3.8) is 0 Å². The van der Waals surface area contributed by atoms with Crippen molar-refractivity contribution in [3.05, 3.63) is 68.2 Å². The van der Waals surface area contributed by atoms with E-state index in [1.807, 2.05) is 18.2 Å². The maximum Gasteiger partial charge on any atom is 0.349 e. The third kappa shape index (κ3) is 4.73. The molecule has 1 aromatic heterocycles. The molecule has 35 heavy (non-hydrogen) atoms. The predicted octanol–water partition coefficient (Wildman–Crippen LogP) is 4.07. The summed E-state index contributed by atoms with van der Waals surface area (Å²) in [6.45, 7) is 0.480. The number of carbonyl (C=O) groups excluding carboxylic acids is 1. The van der Waals surface area contributed by atoms with E-state index in [-0.39, 0.29) is 11.2 Å². The molecule has 1 aliphatic rings. The van der Waals surface area contributed by atoms with Gasteiger partial charge in [0.2, 0.25) is 0 Å². The number of nitrogens with zero attached hydrogens (tertiary/aromatic N) is 2. The first-order chi connectivity index (χ1) is 16.7. The van der Waals surface area contributed by atoms with Gasteiger partial charge in [0.15, 0.2) is 0 Å². The van der Waals surface area contributed by atoms with E-state index >= 15 is 0 Å². The van der Waals surface area contributed by atoms with Crippen LogP contribution < -0.4 is 20.3 Å². The van der Waals surface area contributed by atoms with E-state index in [0.29, 0.717) is 41.2 Å². The highest BCUT2D eigenvalue weighted by Gasteiger charge is 2.22. The third-order valence-corrected chi connectivity index (χ3v) is 6.26. The Kier molecular flexibility index (Phi) is 6.81. The molecule has 1 aliphatic heterocycles. The standard InChI is InChI=1S/C24H19Cl2N3O6/c1-34-15-5-3-12(18(11-15)35-2)9-13-7-8-29-21(13)28-17-10-14(4-6-16(17)23(29)31)27-22(30)19(25)20(26)24(32)33/h3-6,9-11H,7-8H2,1-2H3,(H,27,30)(H,32,33). The monoisotopic (exact) mass is 515 g/mol. The molecule has 0 fully saturated rings. The molecule has 2 aromatic carbocycles. The molecule has 3 aromatic rings. The molecular formula is C24H19Cl2N3O6. The molecule has 0 aliphatic carbocycles. The average molecular weight is 516 g/mol. The Morgan fingerprint density at radius 1 is 1.11 bits per heavy atom. The minimum Gasteiger partial charge on any atom is -0.497 e. The molecule has 2 N–H and O–H groups in total. The van der Waals surface area contributed by atoms with E-state index in [1.165, 1.54) is 18.2 Å². The summed E-state index contributed by atoms with van der Waals surface area (Å²) in [6.07, 6.45) is 2.52. The number of amides is 1. The van der Waals surface area contributed by atoms with Crippen LogP contribution in [0.15, 0.2) is 51.3 Å². The predicted molar refractivity (Wildman–Crippen MR) is 133 cm³/mol. The van der Waals surface area contributed by atoms with Crippen LogP contribution >= 0.6 is 23.2 Å². The van der Waals surface area contributed by atoms with Gasteiger partial charge < -0.3 is 19.9 Å². The minimum atomic E-state index is -1.52. The van der Waals surface area contributed by atoms with Crippen LogP contribution in [-0.4, -0.2) is 40.8 Å². The number of rotatable bonds is 6. The van der Waals surface area contributed by atoms with E-state index < -0.39 is 21.9 Å². The summed E-state index contributed by atoms with van der Waals surface area (Å²) in [4.78, 5) is 40.9. The van der Waals surface area contributed by atoms with Gasteiger partial charge in [-0.3, -0.25) is 14.2 Å². The number of hydrogen-bond donors (Lipinski definition) is 2. The first-order valence-corrected chi connectivity index (χ1v) is 11.1. The lowest BCUT2D eigenvalue weighted by molar-refractivity contribution is -0.132. The summed E-state index contributed by atoms with van der Waals surface area (Å²) in [6, 6.07) is 10.0. The minimum absolute atomic E-state index is 0.208. The van der Waals surface area contributed by atoms with E-state index in [9.17, 15) is 14.4 Å². The molecule has 0 saturated heterocycles. The van der Waals surface area contributed by atoms with Gasteiger partial charge in [-0.15, -0.1) is 0 Å². The van der Waals surface area contributed by atoms with Crippen LogP contribution in [0.1, 0.15) is 17.8 Å². The van der Waals surface area contributed by atoms with Crippen LogP contribution in [0, 0.1) is 0 Å². The largest absolute Gasteiger partial charge is 0.497 e. The van der Waals surface area contributed by atoms with E-state index in [0.717, 1.165) is 11.1 Å². The first-order valence-electron chi connectivity index (χ1n) is 10.3. The van der Waals surface area contributed by atoms with E-state index in [1.54, 1.807) is 24.9 Å². The smallest absolute Gasteiger partial charge is 0.349 e. The van der Waals surface area contributed by atoms with Gasteiger partial charge >= 0.3 is 5.97 Å². The number of halogens is 2. The zero-order valence-electron chi connectivity index (χ0n) is 18.6. The molecule has 1 amide bonds. The fraction of sp³-hybridized carbons (Fsp3) is 0.167. The Hall–Kier alpha value is -3.82. The quantitative estimate of drug-likeness (QED) is 0.474. The van der Waals surface area contributed by atoms with Gasteiger partial charge in [0, 0.05) is 23.9 Å². The van der Waals surface area contributed by atoms with Crippen molar-refractivity contribution in [2.75, 3.05) is 19.5 Å². The van der Waals surface area contributed by atoms with Crippen LogP contribution in [0.3, 0.4) is 0 Å². The first kappa shape index (κ1) is 24.3. The van der Waals surface area contributed by atoms with E-state index in [2.05, 4.69) is 10.3 Å². The Balaban J connectivity index is 1.74. The van der Waals surface area contributed by atoms with E-state index in [4.69, 9.17) is 37.8 Å². The molecule has 0 saturated carbocycles. The van der Waals surface area contributed by atoms with Gasteiger partial charge in [-0.25, -0.2) is 9.78 Å². The van der Waals surface area contributed by atoms with Crippen molar-refractivity contribution in [2.24, 2.45) is 0 Å². The third-order valence-electron chi connectivity index (χ3n) is 5.46. The number of carboxylic acid groups (broad SMARTS) is 1. The number of ether oxygens (including phenoxy) is 2. The summed E-state index contributed by atoms with van der Waals surface area (Å²) in [5.74, 6) is -0.638. The SMILES string of the molecule is COc1ccc(C=C2CCn3c2nc2cc(NC(=O)C(Cl)=C(Cl)C(=O)O)ccc2c3=O)c(OC)c1. The maximum atomic E-state index is 13.1. The summed E-state index contributed by atoms with van der Waals surface area (Å²) in [5.41, 5.74) is 2.08. The molecule has 0 unspecified atom stereocenters. The molecule has 9 nitrogen and oxygen atoms in total. The number of fused-ring (bicyclic) bond motifs is 2. The molecule has 0 bridgehead atoms. The van der Waals surface area contributed by atoms with Crippen molar-refractivity contribution < 1.29 is 24.2 Å². The van der Waals surface area contributed by atoms with Crippen molar-refractivity contribution in [1.82, 2.24) is 9.55 Å². The molecule has 0 spiro atoms. The molecule has 2 heterocycles. The number of aromatic nitrogens is 2. The Morgan fingerprint density at radius 3 is 2.57 bits per heavy atom. The Labute approximate surface area is 209 Å². The highest BCUT2D eigenvalue weighted by Crippen LogP contribution is 2.32. The highest BCUT2D eigenvalue weighted by molar-refractivity contribution is 6.54. The molecule has 0 radical (unpaired) electrons. The zero-order chi connectivity index (χ0) is 25.3. The summed E-state index contributed by atoms with van der Waals surface area (Å²) < 4.78 is 12.3. The Morgan fingerprint density at radius 2 is 1.89 bits per heavy atom. The van der Waals surface area contributed by atoms with Crippen molar-refractivity contribution >= 4 is 63.3 Å². The fourth-order valence-corrected chi connectivity index (χ4v) is 3.95. The number of aliphatic carboxylic acids is 1. The fourth-order valence-electron chi connectivity index (χ4n) is 3.74. The number of benzene rings is 2. The number of carboxylic acids is 1. The molecular weight excluding hydrogens is 497 g/mol. The van der Waals surface area contributed by atoms with Gasteiger partial charge in [0.1, 0.15) is 27.4 Å². The van der Waals surface area contributed by atoms with Gasteiger partial charge in [-0.05, 0) is 48.4 Å². The van der Waals surface area contributed by atoms with Gasteiger partial charge in [-0.1, -0.05) is 23.2 Å². The number of carbonyl (C=O) groups is 2. The Bertz CT molecular complexity index is 1490. The number of nitrogens with one attached hydrogen (secondary N) is 1. The lowest BCUT2D eigenvalue weighted by atomic mass is 10.1. The number of anilines is 1. The maximum absolute atomic E-state index is 13.1. The number of hydrogen-bond acceptors (Lipinski definition) is 6. The zero-order valence-corrected chi connectivity index (χ0v) is 20.1. The van der Waals surface area contributed by atoms with Gasteiger partial charge in [0.25, 0.3) is 11.5 Å². The second kappa shape index (κ2) is 9.81.